The molecule has 10 heteroatoms. The van der Waals surface area contributed by atoms with E-state index in [2.05, 4.69) is 20.5 Å². The van der Waals surface area contributed by atoms with Crippen LogP contribution < -0.4 is 0 Å². The molecule has 0 amide bonds. The predicted octanol–water partition coefficient (Wildman–Crippen LogP) is 3.43. The molecule has 0 radical (unpaired) electrons. The van der Waals surface area contributed by atoms with Gasteiger partial charge < -0.3 is 0 Å². The van der Waals surface area contributed by atoms with Crippen LogP contribution in [0.25, 0.3) is 22.2 Å². The summed E-state index contributed by atoms with van der Waals surface area (Å²) in [5.74, 6) is -0.405. The van der Waals surface area contributed by atoms with Gasteiger partial charge in [-0.25, -0.2) is 4.39 Å². The fourth-order valence-electron chi connectivity index (χ4n) is 2.85. The van der Waals surface area contributed by atoms with Crippen molar-refractivity contribution in [2.75, 3.05) is 0 Å². The van der Waals surface area contributed by atoms with Gasteiger partial charge in [-0.15, -0.1) is 10.2 Å². The third-order valence-corrected chi connectivity index (χ3v) is 4.05. The molecule has 0 unspecified atom stereocenters. The molecule has 0 atom stereocenters. The van der Waals surface area contributed by atoms with Crippen molar-refractivity contribution in [2.45, 2.75) is 12.7 Å². The third kappa shape index (κ3) is 3.14. The van der Waals surface area contributed by atoms with E-state index in [0.717, 1.165) is 12.1 Å². The molecule has 0 bridgehead atoms. The van der Waals surface area contributed by atoms with Gasteiger partial charge in [0.05, 0.1) is 18.1 Å². The highest BCUT2D eigenvalue weighted by atomic mass is 19.4. The Morgan fingerprint density at radius 1 is 1.04 bits per heavy atom. The van der Waals surface area contributed by atoms with E-state index in [1.165, 1.54) is 9.48 Å². The molecule has 2 heterocycles. The largest absolute Gasteiger partial charge is 0.416 e. The van der Waals surface area contributed by atoms with E-state index in [1.54, 1.807) is 31.3 Å². The summed E-state index contributed by atoms with van der Waals surface area (Å²) in [6, 6.07) is 9.18. The lowest BCUT2D eigenvalue weighted by atomic mass is 10.0. The molecular weight excluding hydrogens is 364 g/mol. The van der Waals surface area contributed by atoms with Gasteiger partial charge >= 0.3 is 6.18 Å². The summed E-state index contributed by atoms with van der Waals surface area (Å²) in [7, 11) is 1.61. The van der Waals surface area contributed by atoms with E-state index in [-0.39, 0.29) is 17.8 Å². The number of nitrogens with zero attached hydrogens (tertiary/aromatic N) is 6. The summed E-state index contributed by atoms with van der Waals surface area (Å²) in [6.45, 7) is 0.148. The smallest absolute Gasteiger partial charge is 0.256 e. The van der Waals surface area contributed by atoms with Crippen LogP contribution in [0.5, 0.6) is 0 Å². The highest BCUT2D eigenvalue weighted by Gasteiger charge is 2.31. The third-order valence-electron chi connectivity index (χ3n) is 4.05. The maximum Gasteiger partial charge on any atom is 0.416 e. The summed E-state index contributed by atoms with van der Waals surface area (Å²) in [6.07, 6.45) is -4.58. The number of halogens is 4. The lowest BCUT2D eigenvalue weighted by Gasteiger charge is -2.08. The van der Waals surface area contributed by atoms with Crippen molar-refractivity contribution in [3.8, 4) is 11.3 Å². The second-order valence-corrected chi connectivity index (χ2v) is 5.91. The summed E-state index contributed by atoms with van der Waals surface area (Å²) < 4.78 is 55.0. The van der Waals surface area contributed by atoms with Crippen LogP contribution in [-0.4, -0.2) is 30.0 Å². The zero-order valence-electron chi connectivity index (χ0n) is 13.9. The van der Waals surface area contributed by atoms with Crippen molar-refractivity contribution in [1.29, 1.82) is 0 Å². The van der Waals surface area contributed by atoms with Crippen LogP contribution in [-0.2, 0) is 19.8 Å². The number of fused-ring (bicyclic) bond motifs is 1. The van der Waals surface area contributed by atoms with Gasteiger partial charge in [0, 0.05) is 10.9 Å². The number of rotatable bonds is 3. The minimum atomic E-state index is -4.58. The van der Waals surface area contributed by atoms with E-state index in [9.17, 15) is 17.6 Å². The van der Waals surface area contributed by atoms with Gasteiger partial charge in [-0.05, 0) is 29.5 Å². The number of hydrogen-bond donors (Lipinski definition) is 0. The number of aryl methyl sites for hydroxylation is 1. The molecule has 0 N–H and O–H groups in total. The normalized spacial score (nSPS) is 12.0. The number of para-hydroxylation sites is 1. The van der Waals surface area contributed by atoms with Crippen LogP contribution in [0.2, 0.25) is 0 Å². The minimum Gasteiger partial charge on any atom is -0.256 e. The first-order valence-corrected chi connectivity index (χ1v) is 7.88. The Hall–Kier alpha value is -3.30. The Bertz CT molecular complexity index is 1130. The maximum atomic E-state index is 14.4. The first kappa shape index (κ1) is 17.1. The first-order valence-electron chi connectivity index (χ1n) is 7.88. The summed E-state index contributed by atoms with van der Waals surface area (Å²) >= 11 is 0. The van der Waals surface area contributed by atoms with Crippen molar-refractivity contribution in [1.82, 2.24) is 30.0 Å². The molecule has 4 rings (SSSR count). The van der Waals surface area contributed by atoms with Crippen LogP contribution in [0.15, 0.2) is 42.5 Å². The molecule has 0 fully saturated rings. The van der Waals surface area contributed by atoms with Gasteiger partial charge in [0.25, 0.3) is 0 Å². The second kappa shape index (κ2) is 6.15. The molecule has 2 aromatic heterocycles. The van der Waals surface area contributed by atoms with Gasteiger partial charge in [-0.2, -0.15) is 23.1 Å². The Kier molecular flexibility index (Phi) is 3.90. The van der Waals surface area contributed by atoms with Crippen molar-refractivity contribution >= 4 is 10.9 Å². The van der Waals surface area contributed by atoms with Crippen molar-refractivity contribution in [3.05, 3.63) is 59.7 Å². The quantitative estimate of drug-likeness (QED) is 0.514. The predicted molar refractivity (Wildman–Crippen MR) is 88.0 cm³/mol. The van der Waals surface area contributed by atoms with Crippen LogP contribution in [0.3, 0.4) is 0 Å². The van der Waals surface area contributed by atoms with Gasteiger partial charge in [0.2, 0.25) is 0 Å². The average Bonchev–Trinajstić information content (AvgIpc) is 3.19. The summed E-state index contributed by atoms with van der Waals surface area (Å²) in [4.78, 5) is 1.29. The standard InChI is InChI=1S/C17H12F4N6/c1-26-23-15(22-25-26)9-27-14-5-3-2-4-11(14)16(24-27)12-8-10(17(19,20)21)6-7-13(12)18/h2-8H,9H2,1H3. The highest BCUT2D eigenvalue weighted by Crippen LogP contribution is 2.35. The number of alkyl halides is 3. The Labute approximate surface area is 150 Å². The number of hydrogen-bond acceptors (Lipinski definition) is 4. The van der Waals surface area contributed by atoms with Gasteiger partial charge in [0.1, 0.15) is 18.1 Å². The molecule has 0 saturated carbocycles. The second-order valence-electron chi connectivity index (χ2n) is 5.91. The molecular formula is C17H12F4N6. The van der Waals surface area contributed by atoms with Crippen LogP contribution in [0, 0.1) is 5.82 Å². The van der Waals surface area contributed by atoms with E-state index in [4.69, 9.17) is 0 Å². The summed E-state index contributed by atoms with van der Waals surface area (Å²) in [5.41, 5.74) is -0.408. The average molecular weight is 376 g/mol. The molecule has 0 saturated heterocycles. The summed E-state index contributed by atoms with van der Waals surface area (Å²) in [5, 5.41) is 16.6. The van der Waals surface area contributed by atoms with E-state index in [0.29, 0.717) is 22.8 Å². The zero-order chi connectivity index (χ0) is 19.2. The lowest BCUT2D eigenvalue weighted by molar-refractivity contribution is -0.137. The monoisotopic (exact) mass is 376 g/mol. The fourth-order valence-corrected chi connectivity index (χ4v) is 2.85. The van der Waals surface area contributed by atoms with Gasteiger partial charge in [-0.3, -0.25) is 4.68 Å². The van der Waals surface area contributed by atoms with E-state index >= 15 is 0 Å². The van der Waals surface area contributed by atoms with Crippen LogP contribution >= 0.6 is 0 Å². The van der Waals surface area contributed by atoms with Gasteiger partial charge in [0.15, 0.2) is 5.82 Å². The maximum absolute atomic E-state index is 14.4. The van der Waals surface area contributed by atoms with Crippen molar-refractivity contribution in [2.24, 2.45) is 7.05 Å². The van der Waals surface area contributed by atoms with E-state index < -0.39 is 17.6 Å². The highest BCUT2D eigenvalue weighted by molar-refractivity contribution is 5.93. The van der Waals surface area contributed by atoms with Gasteiger partial charge in [-0.1, -0.05) is 18.2 Å². The Morgan fingerprint density at radius 3 is 2.52 bits per heavy atom. The molecule has 0 aliphatic carbocycles. The van der Waals surface area contributed by atoms with Crippen LogP contribution in [0.1, 0.15) is 11.4 Å². The molecule has 0 aliphatic rings. The van der Waals surface area contributed by atoms with E-state index in [1.807, 2.05) is 0 Å². The molecule has 2 aromatic carbocycles. The minimum absolute atomic E-state index is 0.123. The van der Waals surface area contributed by atoms with Crippen molar-refractivity contribution < 1.29 is 17.6 Å². The zero-order valence-corrected chi connectivity index (χ0v) is 13.9. The molecule has 6 nitrogen and oxygen atoms in total. The Morgan fingerprint density at radius 2 is 1.81 bits per heavy atom. The Balaban J connectivity index is 1.88. The molecule has 4 aromatic rings. The topological polar surface area (TPSA) is 61.4 Å². The lowest BCUT2D eigenvalue weighted by Crippen LogP contribution is -2.06. The molecule has 0 aliphatic heterocycles. The number of aromatic nitrogens is 6. The number of benzene rings is 2. The molecule has 27 heavy (non-hydrogen) atoms. The number of tetrazole rings is 1. The first-order chi connectivity index (χ1) is 12.8. The van der Waals surface area contributed by atoms with Crippen molar-refractivity contribution in [3.63, 3.8) is 0 Å². The fraction of sp³-hybridized carbons (Fsp3) is 0.176. The van der Waals surface area contributed by atoms with Crippen LogP contribution in [0.4, 0.5) is 17.6 Å². The molecule has 0 spiro atoms. The SMILES string of the molecule is Cn1nnc(Cn2nc(-c3cc(C(F)(F)F)ccc3F)c3ccccc32)n1. The molecule has 138 valence electrons.